The van der Waals surface area contributed by atoms with Gasteiger partial charge in [0, 0.05) is 6.54 Å². The Labute approximate surface area is 187 Å². The van der Waals surface area contributed by atoms with Gasteiger partial charge < -0.3 is 20.1 Å². The second-order valence-electron chi connectivity index (χ2n) is 8.67. The van der Waals surface area contributed by atoms with Crippen molar-refractivity contribution in [3.05, 3.63) is 54.1 Å². The molecule has 3 atom stereocenters. The van der Waals surface area contributed by atoms with E-state index in [9.17, 15) is 9.90 Å². The highest BCUT2D eigenvalue weighted by Gasteiger charge is 2.33. The number of amides is 1. The molecule has 2 N–H and O–H groups in total. The minimum atomic E-state index is -0.622. The maximum absolute atomic E-state index is 13.0. The van der Waals surface area contributed by atoms with Gasteiger partial charge in [0.1, 0.15) is 5.75 Å². The summed E-state index contributed by atoms with van der Waals surface area (Å²) in [5.74, 6) is 0.544. The quantitative estimate of drug-likeness (QED) is 0.754. The van der Waals surface area contributed by atoms with Gasteiger partial charge in [0.15, 0.2) is 6.10 Å². The van der Waals surface area contributed by atoms with Gasteiger partial charge >= 0.3 is 0 Å². The number of nitrogens with zero attached hydrogens (tertiary/aromatic N) is 4. The Morgan fingerprint density at radius 1 is 1.12 bits per heavy atom. The van der Waals surface area contributed by atoms with E-state index in [1.54, 1.807) is 0 Å². The summed E-state index contributed by atoms with van der Waals surface area (Å²) in [5.41, 5.74) is 3.15. The van der Waals surface area contributed by atoms with Crippen LogP contribution in [0.1, 0.15) is 31.2 Å². The monoisotopic (exact) mass is 435 g/mol. The summed E-state index contributed by atoms with van der Waals surface area (Å²) in [6.07, 6.45) is 2.48. The number of anilines is 2. The summed E-state index contributed by atoms with van der Waals surface area (Å²) in [6, 6.07) is 15.9. The molecule has 1 saturated carbocycles. The first kappa shape index (κ1) is 20.8. The minimum Gasteiger partial charge on any atom is -0.477 e. The molecule has 8 nitrogen and oxygen atoms in total. The normalized spacial score (nSPS) is 24.7. The molecule has 168 valence electrons. The van der Waals surface area contributed by atoms with Crippen molar-refractivity contribution in [2.24, 2.45) is 10.3 Å². The average Bonchev–Trinajstić information content (AvgIpc) is 3.36. The van der Waals surface area contributed by atoms with Gasteiger partial charge in [-0.05, 0) is 42.7 Å². The third-order valence-electron chi connectivity index (χ3n) is 6.40. The summed E-state index contributed by atoms with van der Waals surface area (Å²) < 4.78 is 6.06. The number of nitrogens with one attached hydrogen (secondary N) is 1. The molecule has 5 rings (SSSR count). The third-order valence-corrected chi connectivity index (χ3v) is 6.40. The van der Waals surface area contributed by atoms with E-state index in [0.717, 1.165) is 55.7 Å². The Kier molecular flexibility index (Phi) is 5.94. The summed E-state index contributed by atoms with van der Waals surface area (Å²) in [4.78, 5) is 15.2. The van der Waals surface area contributed by atoms with Crippen LogP contribution in [0.2, 0.25) is 0 Å². The van der Waals surface area contributed by atoms with Gasteiger partial charge in [-0.1, -0.05) is 42.3 Å². The highest BCUT2D eigenvalue weighted by atomic mass is 16.5. The van der Waals surface area contributed by atoms with Crippen molar-refractivity contribution < 1.29 is 14.6 Å². The molecule has 8 heteroatoms. The van der Waals surface area contributed by atoms with Gasteiger partial charge in [-0.3, -0.25) is 4.79 Å². The molecule has 2 aliphatic heterocycles. The predicted molar refractivity (Wildman–Crippen MR) is 122 cm³/mol. The molecular weight excluding hydrogens is 406 g/mol. The van der Waals surface area contributed by atoms with Crippen molar-refractivity contribution in [3.8, 4) is 5.75 Å². The van der Waals surface area contributed by atoms with E-state index < -0.39 is 12.2 Å². The van der Waals surface area contributed by atoms with Crippen molar-refractivity contribution in [2.45, 2.75) is 50.5 Å². The van der Waals surface area contributed by atoms with Crippen molar-refractivity contribution >= 4 is 17.3 Å². The molecule has 3 unspecified atom stereocenters. The number of ether oxygens (including phenoxy) is 1. The molecule has 0 radical (unpaired) electrons. The number of carbonyl (C=O) groups is 1. The number of aliphatic hydroxyl groups excluding tert-OH is 1. The number of fused-ring (bicyclic) bond motifs is 1. The van der Waals surface area contributed by atoms with Crippen molar-refractivity contribution in [1.82, 2.24) is 5.32 Å². The van der Waals surface area contributed by atoms with E-state index in [0.29, 0.717) is 18.8 Å². The molecule has 0 spiro atoms. The number of hydrogen-bond acceptors (Lipinski definition) is 7. The zero-order valence-electron chi connectivity index (χ0n) is 18.1. The van der Waals surface area contributed by atoms with E-state index in [1.165, 1.54) is 0 Å². The van der Waals surface area contributed by atoms with Crippen molar-refractivity contribution in [2.75, 3.05) is 29.5 Å². The highest BCUT2D eigenvalue weighted by Crippen LogP contribution is 2.34. The van der Waals surface area contributed by atoms with E-state index >= 15 is 0 Å². The first-order chi connectivity index (χ1) is 15.7. The molecule has 3 aliphatic rings. The van der Waals surface area contributed by atoms with Crippen LogP contribution < -0.4 is 20.0 Å². The van der Waals surface area contributed by atoms with Crippen LogP contribution in [0.3, 0.4) is 0 Å². The van der Waals surface area contributed by atoms with Crippen LogP contribution in [0.15, 0.2) is 58.9 Å². The van der Waals surface area contributed by atoms with Gasteiger partial charge in [0.2, 0.25) is 0 Å². The molecular formula is C24H29N5O3. The van der Waals surface area contributed by atoms with E-state index in [-0.39, 0.29) is 11.9 Å². The summed E-state index contributed by atoms with van der Waals surface area (Å²) in [5, 5.41) is 23.3. The van der Waals surface area contributed by atoms with Crippen LogP contribution in [-0.4, -0.2) is 48.9 Å². The molecule has 32 heavy (non-hydrogen) atoms. The van der Waals surface area contributed by atoms with Crippen LogP contribution in [0.5, 0.6) is 5.75 Å². The fourth-order valence-electron chi connectivity index (χ4n) is 4.63. The Morgan fingerprint density at radius 2 is 1.94 bits per heavy atom. The lowest BCUT2D eigenvalue weighted by atomic mass is 9.92. The number of rotatable bonds is 5. The first-order valence-electron chi connectivity index (χ1n) is 11.4. The zero-order valence-corrected chi connectivity index (χ0v) is 18.1. The number of aliphatic hydroxyl groups is 1. The van der Waals surface area contributed by atoms with Gasteiger partial charge in [0.05, 0.1) is 43.2 Å². The first-order valence-corrected chi connectivity index (χ1v) is 11.4. The largest absolute Gasteiger partial charge is 0.477 e. The smallest absolute Gasteiger partial charge is 0.263 e. The lowest BCUT2D eigenvalue weighted by Crippen LogP contribution is -2.54. The molecule has 2 aromatic carbocycles. The fourth-order valence-corrected chi connectivity index (χ4v) is 4.63. The molecule has 2 heterocycles. The lowest BCUT2D eigenvalue weighted by molar-refractivity contribution is -0.129. The minimum absolute atomic E-state index is 0.162. The van der Waals surface area contributed by atoms with Crippen LogP contribution in [0.4, 0.5) is 11.4 Å². The van der Waals surface area contributed by atoms with Gasteiger partial charge in [-0.15, -0.1) is 0 Å². The SMILES string of the molecule is O=C(NC1CCCCC1O)C1CN(Cc2ccc(N3CCN=N3)cc2)c2ccccc2O1. The molecule has 2 aromatic rings. The Morgan fingerprint density at radius 3 is 2.72 bits per heavy atom. The molecule has 0 aromatic heterocycles. The van der Waals surface area contributed by atoms with Gasteiger partial charge in [0.25, 0.3) is 5.91 Å². The second-order valence-corrected chi connectivity index (χ2v) is 8.67. The van der Waals surface area contributed by atoms with E-state index in [2.05, 4.69) is 44.8 Å². The summed E-state index contributed by atoms with van der Waals surface area (Å²) in [7, 11) is 0. The Bertz CT molecular complexity index is 980. The maximum Gasteiger partial charge on any atom is 0.263 e. The number of benzene rings is 2. The fraction of sp³-hybridized carbons (Fsp3) is 0.458. The number of para-hydroxylation sites is 2. The van der Waals surface area contributed by atoms with Crippen LogP contribution >= 0.6 is 0 Å². The summed E-state index contributed by atoms with van der Waals surface area (Å²) in [6.45, 7) is 2.65. The number of hydrogen-bond donors (Lipinski definition) is 2. The van der Waals surface area contributed by atoms with Crippen LogP contribution in [-0.2, 0) is 11.3 Å². The predicted octanol–water partition coefficient (Wildman–Crippen LogP) is 3.06. The molecule has 1 fully saturated rings. The average molecular weight is 436 g/mol. The summed E-state index contributed by atoms with van der Waals surface area (Å²) >= 11 is 0. The number of carbonyl (C=O) groups excluding carboxylic acids is 1. The molecule has 1 aliphatic carbocycles. The van der Waals surface area contributed by atoms with Crippen LogP contribution in [0, 0.1) is 0 Å². The van der Waals surface area contributed by atoms with Gasteiger partial charge in [-0.25, -0.2) is 5.01 Å². The van der Waals surface area contributed by atoms with Crippen molar-refractivity contribution in [1.29, 1.82) is 0 Å². The van der Waals surface area contributed by atoms with Crippen LogP contribution in [0.25, 0.3) is 0 Å². The maximum atomic E-state index is 13.0. The van der Waals surface area contributed by atoms with Gasteiger partial charge in [-0.2, -0.15) is 5.11 Å². The Hall–Kier alpha value is -3.13. The van der Waals surface area contributed by atoms with E-state index in [4.69, 9.17) is 4.74 Å². The molecule has 1 amide bonds. The topological polar surface area (TPSA) is 89.8 Å². The van der Waals surface area contributed by atoms with E-state index in [1.807, 2.05) is 29.3 Å². The van der Waals surface area contributed by atoms with Crippen molar-refractivity contribution in [3.63, 3.8) is 0 Å². The lowest BCUT2D eigenvalue weighted by Gasteiger charge is -2.37. The molecule has 0 saturated heterocycles. The highest BCUT2D eigenvalue weighted by molar-refractivity contribution is 5.83. The molecule has 0 bridgehead atoms. The second kappa shape index (κ2) is 9.16. The zero-order chi connectivity index (χ0) is 21.9. The standard InChI is InChI=1S/C24H29N5O3/c30-21-7-3-1-5-19(21)26-24(31)23-16-28(20-6-2-4-8-22(20)32-23)15-17-9-11-18(12-10-17)29-14-13-25-27-29/h2,4,6,8-12,19,21,23,30H,1,3,5,7,13-16H2,(H,26,31). The third kappa shape index (κ3) is 4.41. The Balaban J connectivity index is 1.30.